The molecule has 1 heterocycles. The van der Waals surface area contributed by atoms with Gasteiger partial charge in [0.1, 0.15) is 5.75 Å². The highest BCUT2D eigenvalue weighted by Crippen LogP contribution is 2.23. The molecule has 0 aliphatic carbocycles. The normalized spacial score (nSPS) is 11.1. The zero-order chi connectivity index (χ0) is 19.8. The second-order valence-electron chi connectivity index (χ2n) is 7.49. The van der Waals surface area contributed by atoms with Crippen molar-refractivity contribution in [3.05, 3.63) is 59.3 Å². The first-order chi connectivity index (χ1) is 13.6. The number of fused-ring (bicyclic) bond motifs is 1. The van der Waals surface area contributed by atoms with Crippen LogP contribution >= 0.6 is 0 Å². The molecule has 0 spiro atoms. The lowest BCUT2D eigenvalue weighted by Gasteiger charge is -2.11. The highest BCUT2D eigenvalue weighted by molar-refractivity contribution is 5.81. The SMILES string of the molecule is Cc1cccc(C)c1OCCCCCCCCc1nc(N)nc2ccccc12. The van der Waals surface area contributed by atoms with Crippen LogP contribution in [0.2, 0.25) is 0 Å². The highest BCUT2D eigenvalue weighted by Gasteiger charge is 2.06. The number of hydrogen-bond acceptors (Lipinski definition) is 4. The van der Waals surface area contributed by atoms with Gasteiger partial charge in [-0.1, -0.05) is 62.1 Å². The summed E-state index contributed by atoms with van der Waals surface area (Å²) < 4.78 is 5.98. The van der Waals surface area contributed by atoms with Crippen molar-refractivity contribution in [3.8, 4) is 5.75 Å². The van der Waals surface area contributed by atoms with E-state index in [-0.39, 0.29) is 0 Å². The standard InChI is InChI=1S/C24H31N3O/c1-18-12-11-13-19(2)23(18)28-17-10-6-4-3-5-7-15-21-20-14-8-9-16-22(20)27-24(25)26-21/h8-9,11-14,16H,3-7,10,15,17H2,1-2H3,(H2,25,26,27). The molecule has 2 N–H and O–H groups in total. The van der Waals surface area contributed by atoms with Crippen molar-refractivity contribution >= 4 is 16.9 Å². The number of benzene rings is 2. The quantitative estimate of drug-likeness (QED) is 0.454. The smallest absolute Gasteiger partial charge is 0.220 e. The van der Waals surface area contributed by atoms with Gasteiger partial charge < -0.3 is 10.5 Å². The van der Waals surface area contributed by atoms with Crippen LogP contribution in [0.4, 0.5) is 5.95 Å². The Labute approximate surface area is 168 Å². The van der Waals surface area contributed by atoms with Gasteiger partial charge in [0.25, 0.3) is 0 Å². The monoisotopic (exact) mass is 377 g/mol. The summed E-state index contributed by atoms with van der Waals surface area (Å²) in [6, 6.07) is 14.4. The molecule has 0 saturated carbocycles. The fraction of sp³-hybridized carbons (Fsp3) is 0.417. The van der Waals surface area contributed by atoms with Crippen LogP contribution in [0.5, 0.6) is 5.75 Å². The molecule has 0 aliphatic heterocycles. The number of aromatic nitrogens is 2. The number of unbranched alkanes of at least 4 members (excludes halogenated alkanes) is 5. The van der Waals surface area contributed by atoms with Crippen LogP contribution < -0.4 is 10.5 Å². The Bertz CT molecular complexity index is 887. The van der Waals surface area contributed by atoms with Crippen LogP contribution in [0.25, 0.3) is 10.9 Å². The topological polar surface area (TPSA) is 61.0 Å². The molecule has 1 aromatic heterocycles. The first-order valence-corrected chi connectivity index (χ1v) is 10.4. The molecule has 3 rings (SSSR count). The number of anilines is 1. The Balaban J connectivity index is 1.32. The van der Waals surface area contributed by atoms with E-state index in [2.05, 4.69) is 48.1 Å². The minimum atomic E-state index is 0.373. The van der Waals surface area contributed by atoms with Crippen LogP contribution in [0.1, 0.15) is 55.3 Å². The molecule has 0 atom stereocenters. The lowest BCUT2D eigenvalue weighted by atomic mass is 10.1. The minimum absolute atomic E-state index is 0.373. The van der Waals surface area contributed by atoms with E-state index in [1.165, 1.54) is 36.8 Å². The summed E-state index contributed by atoms with van der Waals surface area (Å²) in [6.07, 6.45) is 8.15. The summed E-state index contributed by atoms with van der Waals surface area (Å²) >= 11 is 0. The van der Waals surface area contributed by atoms with Crippen LogP contribution in [0.3, 0.4) is 0 Å². The maximum atomic E-state index is 5.98. The predicted octanol–water partition coefficient (Wildman–Crippen LogP) is 5.79. The molecule has 0 amide bonds. The molecule has 0 unspecified atom stereocenters. The first-order valence-electron chi connectivity index (χ1n) is 10.4. The average Bonchev–Trinajstić information content (AvgIpc) is 2.68. The van der Waals surface area contributed by atoms with Crippen molar-refractivity contribution in [2.45, 2.75) is 58.8 Å². The van der Waals surface area contributed by atoms with Crippen molar-refractivity contribution in [1.82, 2.24) is 9.97 Å². The summed E-state index contributed by atoms with van der Waals surface area (Å²) in [4.78, 5) is 8.76. The van der Waals surface area contributed by atoms with Gasteiger partial charge in [0.05, 0.1) is 17.8 Å². The van der Waals surface area contributed by atoms with Crippen molar-refractivity contribution in [2.24, 2.45) is 0 Å². The van der Waals surface area contributed by atoms with Gasteiger partial charge in [-0.3, -0.25) is 0 Å². The van der Waals surface area contributed by atoms with Crippen molar-refractivity contribution in [1.29, 1.82) is 0 Å². The number of para-hydroxylation sites is 2. The maximum Gasteiger partial charge on any atom is 0.220 e. The number of nitrogens with zero attached hydrogens (tertiary/aromatic N) is 2. The van der Waals surface area contributed by atoms with E-state index in [1.807, 2.05) is 18.2 Å². The van der Waals surface area contributed by atoms with E-state index in [1.54, 1.807) is 0 Å². The molecule has 0 saturated heterocycles. The molecule has 0 fully saturated rings. The van der Waals surface area contributed by atoms with E-state index in [4.69, 9.17) is 10.5 Å². The van der Waals surface area contributed by atoms with E-state index >= 15 is 0 Å². The zero-order valence-electron chi connectivity index (χ0n) is 17.1. The van der Waals surface area contributed by atoms with Gasteiger partial charge in [0.2, 0.25) is 5.95 Å². The van der Waals surface area contributed by atoms with Crippen LogP contribution in [-0.2, 0) is 6.42 Å². The van der Waals surface area contributed by atoms with Gasteiger partial charge in [-0.2, -0.15) is 0 Å². The Morgan fingerprint density at radius 3 is 2.25 bits per heavy atom. The Morgan fingerprint density at radius 2 is 1.46 bits per heavy atom. The van der Waals surface area contributed by atoms with Gasteiger partial charge in [-0.25, -0.2) is 9.97 Å². The van der Waals surface area contributed by atoms with Gasteiger partial charge in [0, 0.05) is 5.39 Å². The van der Waals surface area contributed by atoms with Crippen molar-refractivity contribution in [3.63, 3.8) is 0 Å². The fourth-order valence-electron chi connectivity index (χ4n) is 3.66. The van der Waals surface area contributed by atoms with Gasteiger partial charge in [-0.05, 0) is 50.3 Å². The maximum absolute atomic E-state index is 5.98. The lowest BCUT2D eigenvalue weighted by molar-refractivity contribution is 0.300. The molecule has 28 heavy (non-hydrogen) atoms. The van der Waals surface area contributed by atoms with Crippen LogP contribution in [0, 0.1) is 13.8 Å². The first kappa shape index (κ1) is 20.1. The molecular weight excluding hydrogens is 346 g/mol. The Morgan fingerprint density at radius 1 is 0.786 bits per heavy atom. The second-order valence-corrected chi connectivity index (χ2v) is 7.49. The van der Waals surface area contributed by atoms with E-state index in [0.717, 1.165) is 48.2 Å². The Hall–Kier alpha value is -2.62. The highest BCUT2D eigenvalue weighted by atomic mass is 16.5. The van der Waals surface area contributed by atoms with Crippen LogP contribution in [-0.4, -0.2) is 16.6 Å². The third kappa shape index (κ3) is 5.44. The predicted molar refractivity (Wildman–Crippen MR) is 117 cm³/mol. The number of rotatable bonds is 10. The van der Waals surface area contributed by atoms with Crippen molar-refractivity contribution in [2.75, 3.05) is 12.3 Å². The van der Waals surface area contributed by atoms with Gasteiger partial charge >= 0.3 is 0 Å². The number of ether oxygens (including phenoxy) is 1. The van der Waals surface area contributed by atoms with Crippen molar-refractivity contribution < 1.29 is 4.74 Å². The number of nitrogens with two attached hydrogens (primary N) is 1. The van der Waals surface area contributed by atoms with E-state index < -0.39 is 0 Å². The fourth-order valence-corrected chi connectivity index (χ4v) is 3.66. The summed E-state index contributed by atoms with van der Waals surface area (Å²) in [5, 5.41) is 1.13. The van der Waals surface area contributed by atoms with Gasteiger partial charge in [0.15, 0.2) is 0 Å². The molecule has 0 bridgehead atoms. The molecule has 0 radical (unpaired) electrons. The molecule has 4 heteroatoms. The molecular formula is C24H31N3O. The number of nitrogen functional groups attached to an aromatic ring is 1. The number of hydrogen-bond donors (Lipinski definition) is 1. The van der Waals surface area contributed by atoms with E-state index in [9.17, 15) is 0 Å². The minimum Gasteiger partial charge on any atom is -0.493 e. The summed E-state index contributed by atoms with van der Waals surface area (Å²) in [7, 11) is 0. The third-order valence-electron chi connectivity index (χ3n) is 5.16. The molecule has 148 valence electrons. The zero-order valence-corrected chi connectivity index (χ0v) is 17.1. The lowest BCUT2D eigenvalue weighted by Crippen LogP contribution is -2.01. The molecule has 3 aromatic rings. The molecule has 0 aliphatic rings. The third-order valence-corrected chi connectivity index (χ3v) is 5.16. The average molecular weight is 378 g/mol. The van der Waals surface area contributed by atoms with Crippen LogP contribution in [0.15, 0.2) is 42.5 Å². The molecule has 2 aromatic carbocycles. The largest absolute Gasteiger partial charge is 0.493 e. The summed E-state index contributed by atoms with van der Waals surface area (Å²) in [5.41, 5.74) is 10.3. The van der Waals surface area contributed by atoms with E-state index in [0.29, 0.717) is 5.95 Å². The Kier molecular flexibility index (Phi) is 7.24. The summed E-state index contributed by atoms with van der Waals surface area (Å²) in [6.45, 7) is 5.02. The number of aryl methyl sites for hydroxylation is 3. The molecule has 4 nitrogen and oxygen atoms in total. The van der Waals surface area contributed by atoms with Gasteiger partial charge in [-0.15, -0.1) is 0 Å². The second kappa shape index (κ2) is 10.1. The summed E-state index contributed by atoms with van der Waals surface area (Å²) in [5.74, 6) is 1.43.